The number of carbonyl (C=O) groups excluding carboxylic acids is 1. The summed E-state index contributed by atoms with van der Waals surface area (Å²) in [5.74, 6) is 0.698. The summed E-state index contributed by atoms with van der Waals surface area (Å²) in [5.41, 5.74) is 3.90. The van der Waals surface area contributed by atoms with Crippen LogP contribution in [-0.2, 0) is 11.3 Å². The highest BCUT2D eigenvalue weighted by atomic mass is 35.5. The first-order valence-corrected chi connectivity index (χ1v) is 9.05. The van der Waals surface area contributed by atoms with Gasteiger partial charge >= 0.3 is 0 Å². The average molecular weight is 413 g/mol. The van der Waals surface area contributed by atoms with Crippen LogP contribution in [0.2, 0.25) is 10.0 Å². The molecular weight excluding hydrogens is 391 g/mol. The Hall–Kier alpha value is -1.99. The fourth-order valence-electron chi connectivity index (χ4n) is 2.48. The van der Waals surface area contributed by atoms with E-state index in [2.05, 4.69) is 5.43 Å². The van der Waals surface area contributed by atoms with Crippen LogP contribution in [0.4, 0.5) is 0 Å². The number of nitrogens with one attached hydrogen (secondary N) is 1. The molecule has 1 atom stereocenters. The van der Waals surface area contributed by atoms with Gasteiger partial charge in [0.2, 0.25) is 0 Å². The summed E-state index contributed by atoms with van der Waals surface area (Å²) >= 11 is 11.8. The zero-order valence-corrected chi connectivity index (χ0v) is 16.8. The van der Waals surface area contributed by atoms with Crippen LogP contribution in [0.1, 0.15) is 24.2 Å². The van der Waals surface area contributed by atoms with E-state index in [0.29, 0.717) is 35.2 Å². The number of halogens is 2. The number of aliphatic hydroxyl groups excluding tert-OH is 1. The number of ether oxygens (including phenoxy) is 2. The second kappa shape index (κ2) is 9.80. The normalized spacial score (nSPS) is 12.0. The van der Waals surface area contributed by atoms with Gasteiger partial charge in [-0.2, -0.15) is 0 Å². The molecule has 2 rings (SSSR count). The Labute approximate surface area is 168 Å². The minimum absolute atomic E-state index is 0.274. The predicted molar refractivity (Wildman–Crippen MR) is 105 cm³/mol. The van der Waals surface area contributed by atoms with E-state index < -0.39 is 12.0 Å². The maximum Gasteiger partial charge on any atom is 0.267 e. The van der Waals surface area contributed by atoms with Crippen LogP contribution in [0.25, 0.3) is 0 Å². The van der Waals surface area contributed by atoms with E-state index >= 15 is 0 Å². The lowest BCUT2D eigenvalue weighted by atomic mass is 10.1. The van der Waals surface area contributed by atoms with E-state index in [4.69, 9.17) is 32.7 Å². The number of amides is 1. The number of carbonyl (C=O) groups is 1. The summed E-state index contributed by atoms with van der Waals surface area (Å²) < 4.78 is 10.8. The van der Waals surface area contributed by atoms with Crippen molar-refractivity contribution in [1.29, 1.82) is 0 Å². The molecule has 0 saturated heterocycles. The van der Waals surface area contributed by atoms with E-state index in [-0.39, 0.29) is 5.02 Å². The number of rotatable bonds is 8. The van der Waals surface area contributed by atoms with Gasteiger partial charge in [-0.1, -0.05) is 35.3 Å². The zero-order chi connectivity index (χ0) is 20.0. The van der Waals surface area contributed by atoms with Gasteiger partial charge in [-0.15, -0.1) is 0 Å². The van der Waals surface area contributed by atoms with Crippen molar-refractivity contribution in [3.8, 4) is 11.5 Å². The Morgan fingerprint density at radius 3 is 2.56 bits per heavy atom. The fourth-order valence-corrected chi connectivity index (χ4v) is 2.79. The molecule has 0 fully saturated rings. The van der Waals surface area contributed by atoms with Crippen LogP contribution in [0, 0.1) is 0 Å². The zero-order valence-electron chi connectivity index (χ0n) is 15.3. The molecule has 0 heterocycles. The maximum atomic E-state index is 12.3. The third kappa shape index (κ3) is 5.74. The molecular formula is C19H22Cl2N2O4. The van der Waals surface area contributed by atoms with Gasteiger partial charge in [-0.25, -0.2) is 5.01 Å². The van der Waals surface area contributed by atoms with E-state index in [1.165, 1.54) is 12.1 Å². The highest BCUT2D eigenvalue weighted by Crippen LogP contribution is 2.28. The summed E-state index contributed by atoms with van der Waals surface area (Å²) in [4.78, 5) is 12.3. The Balaban J connectivity index is 2.00. The summed E-state index contributed by atoms with van der Waals surface area (Å²) in [6, 6.07) is 10.1. The van der Waals surface area contributed by atoms with Gasteiger partial charge in [-0.3, -0.25) is 10.2 Å². The highest BCUT2D eigenvalue weighted by Gasteiger charge is 2.19. The molecule has 0 spiro atoms. The topological polar surface area (TPSA) is 71.0 Å². The van der Waals surface area contributed by atoms with Gasteiger partial charge in [0.25, 0.3) is 5.91 Å². The third-order valence-corrected chi connectivity index (χ3v) is 4.50. The van der Waals surface area contributed by atoms with E-state index in [1.54, 1.807) is 25.2 Å². The first kappa shape index (κ1) is 21.3. The van der Waals surface area contributed by atoms with Crippen LogP contribution in [0.15, 0.2) is 36.4 Å². The van der Waals surface area contributed by atoms with E-state index in [0.717, 1.165) is 5.56 Å². The quantitative estimate of drug-likeness (QED) is 0.648. The maximum absolute atomic E-state index is 12.3. The van der Waals surface area contributed by atoms with Crippen LogP contribution >= 0.6 is 23.2 Å². The molecule has 2 aromatic rings. The lowest BCUT2D eigenvalue weighted by Crippen LogP contribution is -2.41. The van der Waals surface area contributed by atoms with Crippen molar-refractivity contribution in [2.45, 2.75) is 19.6 Å². The Bertz CT molecular complexity index is 801. The Morgan fingerprint density at radius 1 is 1.19 bits per heavy atom. The minimum Gasteiger partial charge on any atom is -0.493 e. The molecule has 146 valence electrons. The van der Waals surface area contributed by atoms with Gasteiger partial charge in [0.1, 0.15) is 0 Å². The molecule has 0 saturated carbocycles. The van der Waals surface area contributed by atoms with Crippen LogP contribution in [-0.4, -0.2) is 36.8 Å². The number of methoxy groups -OCH3 is 1. The van der Waals surface area contributed by atoms with Gasteiger partial charge < -0.3 is 14.6 Å². The lowest BCUT2D eigenvalue weighted by molar-refractivity contribution is -0.134. The highest BCUT2D eigenvalue weighted by molar-refractivity contribution is 6.42. The van der Waals surface area contributed by atoms with E-state index in [1.807, 2.05) is 25.1 Å². The molecule has 0 radical (unpaired) electrons. The van der Waals surface area contributed by atoms with Crippen LogP contribution in [0.3, 0.4) is 0 Å². The van der Waals surface area contributed by atoms with Gasteiger partial charge in [0.05, 0.1) is 23.8 Å². The van der Waals surface area contributed by atoms with Crippen molar-refractivity contribution in [2.75, 3.05) is 20.8 Å². The molecule has 6 nitrogen and oxygen atoms in total. The molecule has 1 amide bonds. The summed E-state index contributed by atoms with van der Waals surface area (Å²) in [6.45, 7) is 2.84. The average Bonchev–Trinajstić information content (AvgIpc) is 2.64. The van der Waals surface area contributed by atoms with E-state index in [9.17, 15) is 9.90 Å². The molecule has 1 unspecified atom stereocenters. The predicted octanol–water partition coefficient (Wildman–Crippen LogP) is 3.60. The number of hydrogen-bond acceptors (Lipinski definition) is 5. The molecule has 2 N–H and O–H groups in total. The Kier molecular flexibility index (Phi) is 7.74. The van der Waals surface area contributed by atoms with Crippen molar-refractivity contribution in [3.63, 3.8) is 0 Å². The largest absolute Gasteiger partial charge is 0.493 e. The number of aliphatic hydroxyl groups is 1. The van der Waals surface area contributed by atoms with Crippen molar-refractivity contribution < 1.29 is 19.4 Å². The molecule has 27 heavy (non-hydrogen) atoms. The minimum atomic E-state index is -1.36. The van der Waals surface area contributed by atoms with Crippen molar-refractivity contribution in [3.05, 3.63) is 57.6 Å². The standard InChI is InChI=1S/C19H22Cl2N2O4/c1-4-27-16-8-5-12(9-17(16)26-3)11-23(2)22-19(25)18(24)13-6-7-14(20)15(21)10-13/h5-10,18,24H,4,11H2,1-3H3,(H,22,25). The fraction of sp³-hybridized carbons (Fsp3) is 0.316. The van der Waals surface area contributed by atoms with Gasteiger partial charge in [0.15, 0.2) is 17.6 Å². The first-order chi connectivity index (χ1) is 12.8. The van der Waals surface area contributed by atoms with Crippen molar-refractivity contribution in [1.82, 2.24) is 10.4 Å². The number of benzene rings is 2. The number of hydrazine groups is 1. The summed E-state index contributed by atoms with van der Waals surface area (Å²) in [6.07, 6.45) is -1.36. The molecule has 0 aliphatic carbocycles. The molecule has 2 aromatic carbocycles. The second-order valence-electron chi connectivity index (χ2n) is 5.83. The lowest BCUT2D eigenvalue weighted by Gasteiger charge is -2.21. The van der Waals surface area contributed by atoms with Crippen LogP contribution in [0.5, 0.6) is 11.5 Å². The summed E-state index contributed by atoms with van der Waals surface area (Å²) in [5, 5.41) is 12.4. The smallest absolute Gasteiger partial charge is 0.267 e. The monoisotopic (exact) mass is 412 g/mol. The second-order valence-corrected chi connectivity index (χ2v) is 6.64. The number of nitrogens with zero attached hydrogens (tertiary/aromatic N) is 1. The molecule has 0 aliphatic rings. The molecule has 0 aliphatic heterocycles. The molecule has 0 aromatic heterocycles. The van der Waals surface area contributed by atoms with Gasteiger partial charge in [0, 0.05) is 13.6 Å². The first-order valence-electron chi connectivity index (χ1n) is 8.30. The van der Waals surface area contributed by atoms with Crippen molar-refractivity contribution >= 4 is 29.1 Å². The van der Waals surface area contributed by atoms with Gasteiger partial charge in [-0.05, 0) is 42.3 Å². The third-order valence-electron chi connectivity index (χ3n) is 3.76. The molecule has 8 heteroatoms. The number of hydrogen-bond donors (Lipinski definition) is 2. The Morgan fingerprint density at radius 2 is 1.93 bits per heavy atom. The SMILES string of the molecule is CCOc1ccc(CN(C)NC(=O)C(O)c2ccc(Cl)c(Cl)c2)cc1OC. The van der Waals surface area contributed by atoms with Crippen LogP contribution < -0.4 is 14.9 Å². The molecule has 0 bridgehead atoms. The summed E-state index contributed by atoms with van der Waals surface area (Å²) in [7, 11) is 3.27. The van der Waals surface area contributed by atoms with Crippen molar-refractivity contribution in [2.24, 2.45) is 0 Å².